The van der Waals surface area contributed by atoms with Crippen molar-refractivity contribution in [2.45, 2.75) is 43.1 Å². The fraction of sp³-hybridized carbons (Fsp3) is 0.565. The summed E-state index contributed by atoms with van der Waals surface area (Å²) in [6.07, 6.45) is -5.25. The first-order chi connectivity index (χ1) is 17.9. The number of aromatic nitrogens is 2. The number of likely N-dealkylation sites (tertiary alicyclic amines) is 1. The monoisotopic (exact) mass is 588 g/mol. The summed E-state index contributed by atoms with van der Waals surface area (Å²) in [5.74, 6) is -11.3. The van der Waals surface area contributed by atoms with Crippen LogP contribution in [0.2, 0.25) is 0 Å². The summed E-state index contributed by atoms with van der Waals surface area (Å²) < 4.78 is 143. The lowest BCUT2D eigenvalue weighted by atomic mass is 9.69. The summed E-state index contributed by atoms with van der Waals surface area (Å²) in [5, 5.41) is 0. The Morgan fingerprint density at radius 2 is 1.59 bits per heavy atom. The van der Waals surface area contributed by atoms with Crippen molar-refractivity contribution in [2.24, 2.45) is 11.1 Å². The largest absolute Gasteiger partial charge is 0.416 e. The van der Waals surface area contributed by atoms with Gasteiger partial charge in [-0.2, -0.15) is 36.3 Å². The molecule has 2 aromatic rings. The second kappa shape index (κ2) is 9.89. The third-order valence-electron chi connectivity index (χ3n) is 7.25. The van der Waals surface area contributed by atoms with Crippen molar-refractivity contribution in [3.8, 4) is 0 Å². The average Bonchev–Trinajstić information content (AvgIpc) is 3.16. The highest BCUT2D eigenvalue weighted by Crippen LogP contribution is 2.55. The summed E-state index contributed by atoms with van der Waals surface area (Å²) in [5.41, 5.74) is 1.34. The molecular formula is C23H24F8N4O3S. The van der Waals surface area contributed by atoms with Crippen LogP contribution >= 0.6 is 0 Å². The molecule has 16 heteroatoms. The highest BCUT2D eigenvalue weighted by molar-refractivity contribution is 7.90. The van der Waals surface area contributed by atoms with Crippen LogP contribution in [0.3, 0.4) is 0 Å². The summed E-state index contributed by atoms with van der Waals surface area (Å²) in [6, 6.07) is 1.81. The topological polar surface area (TPSA) is 98.4 Å². The molecule has 216 valence electrons. The Morgan fingerprint density at radius 3 is 2.08 bits per heavy atom. The van der Waals surface area contributed by atoms with Gasteiger partial charge in [-0.15, -0.1) is 0 Å². The normalized spacial score (nSPS) is 23.5. The first-order valence-electron chi connectivity index (χ1n) is 11.6. The molecule has 0 saturated carbocycles. The van der Waals surface area contributed by atoms with Crippen molar-refractivity contribution >= 4 is 9.84 Å². The molecule has 2 fully saturated rings. The second-order valence-electron chi connectivity index (χ2n) is 10.00. The molecule has 0 amide bonds. The van der Waals surface area contributed by atoms with Gasteiger partial charge >= 0.3 is 6.18 Å². The van der Waals surface area contributed by atoms with Crippen LogP contribution in [-0.4, -0.2) is 61.0 Å². The number of benzene rings is 1. The van der Waals surface area contributed by atoms with E-state index >= 15 is 8.78 Å². The summed E-state index contributed by atoms with van der Waals surface area (Å²) in [4.78, 5) is 7.53. The minimum atomic E-state index is -4.71. The lowest BCUT2D eigenvalue weighted by Crippen LogP contribution is -2.67. The van der Waals surface area contributed by atoms with E-state index in [1.807, 2.05) is 0 Å². The van der Waals surface area contributed by atoms with Crippen LogP contribution in [0.15, 0.2) is 24.3 Å². The third kappa shape index (κ3) is 5.60. The van der Waals surface area contributed by atoms with Crippen LogP contribution in [0.5, 0.6) is 0 Å². The molecule has 2 aliphatic heterocycles. The van der Waals surface area contributed by atoms with Gasteiger partial charge in [0, 0.05) is 37.3 Å². The lowest BCUT2D eigenvalue weighted by molar-refractivity contribution is -0.137. The number of ether oxygens (including phenoxy) is 1. The molecule has 2 atom stereocenters. The van der Waals surface area contributed by atoms with Gasteiger partial charge in [-0.25, -0.2) is 17.2 Å². The summed E-state index contributed by atoms with van der Waals surface area (Å²) in [7, 11) is -3.96. The molecule has 0 bridgehead atoms. The summed E-state index contributed by atoms with van der Waals surface area (Å²) >= 11 is 0. The predicted octanol–water partition coefficient (Wildman–Crippen LogP) is 3.95. The Kier molecular flexibility index (Phi) is 7.49. The maximum absolute atomic E-state index is 15.0. The van der Waals surface area contributed by atoms with Gasteiger partial charge in [-0.1, -0.05) is 12.1 Å². The number of hydrogen-bond donors (Lipinski definition) is 1. The molecule has 2 unspecified atom stereocenters. The Hall–Kier alpha value is -2.43. The van der Waals surface area contributed by atoms with Crippen LogP contribution in [0, 0.1) is 23.1 Å². The lowest BCUT2D eigenvalue weighted by Gasteiger charge is -2.54. The van der Waals surface area contributed by atoms with Crippen LogP contribution in [0.1, 0.15) is 42.3 Å². The maximum atomic E-state index is 15.0. The molecule has 3 heterocycles. The zero-order valence-electron chi connectivity index (χ0n) is 20.4. The Balaban J connectivity index is 1.97. The second-order valence-corrected chi connectivity index (χ2v) is 12.1. The first kappa shape index (κ1) is 29.6. The highest BCUT2D eigenvalue weighted by atomic mass is 32.2. The number of hydrogen-bond acceptors (Lipinski definition) is 7. The molecule has 0 aliphatic carbocycles. The number of halogens is 8. The van der Waals surface area contributed by atoms with Crippen molar-refractivity contribution in [3.63, 3.8) is 0 Å². The molecule has 1 aromatic heterocycles. The van der Waals surface area contributed by atoms with Gasteiger partial charge in [0.2, 0.25) is 5.82 Å². The van der Waals surface area contributed by atoms with Crippen molar-refractivity contribution in [3.05, 3.63) is 58.9 Å². The van der Waals surface area contributed by atoms with E-state index in [0.717, 1.165) is 23.3 Å². The van der Waals surface area contributed by atoms with Gasteiger partial charge in [0.15, 0.2) is 5.82 Å². The Labute approximate surface area is 218 Å². The van der Waals surface area contributed by atoms with E-state index in [0.29, 0.717) is 12.1 Å². The number of nitrogens with zero attached hydrogens (tertiary/aromatic N) is 3. The molecule has 1 aromatic carbocycles. The molecule has 0 spiro atoms. The summed E-state index contributed by atoms with van der Waals surface area (Å²) in [6.45, 7) is -1.42. The van der Waals surface area contributed by atoms with Crippen LogP contribution in [0.4, 0.5) is 35.1 Å². The minimum Gasteiger partial charge on any atom is -0.381 e. The SMILES string of the molecule is CS(=O)(=O)CC1(C(N)(c2nc(F)c(F)c(F)n2)N2CC(F)(F)CC2c2ccc(C(F)(F)F)cc2)CCOCC1. The number of nitrogens with two attached hydrogens (primary N) is 1. The van der Waals surface area contributed by atoms with E-state index in [1.54, 1.807) is 0 Å². The fourth-order valence-electron chi connectivity index (χ4n) is 5.51. The van der Waals surface area contributed by atoms with E-state index in [-0.39, 0.29) is 31.6 Å². The third-order valence-corrected chi connectivity index (χ3v) is 8.33. The van der Waals surface area contributed by atoms with Crippen LogP contribution in [0.25, 0.3) is 0 Å². The smallest absolute Gasteiger partial charge is 0.381 e. The Morgan fingerprint density at radius 1 is 1.05 bits per heavy atom. The molecule has 2 aliphatic rings. The molecule has 0 radical (unpaired) electrons. The molecular weight excluding hydrogens is 564 g/mol. The maximum Gasteiger partial charge on any atom is 0.416 e. The van der Waals surface area contributed by atoms with Gasteiger partial charge in [-0.3, -0.25) is 4.90 Å². The van der Waals surface area contributed by atoms with Crippen molar-refractivity contribution in [1.82, 2.24) is 14.9 Å². The molecule has 39 heavy (non-hydrogen) atoms. The average molecular weight is 589 g/mol. The zero-order valence-corrected chi connectivity index (χ0v) is 21.2. The van der Waals surface area contributed by atoms with E-state index in [1.165, 1.54) is 0 Å². The van der Waals surface area contributed by atoms with E-state index in [9.17, 15) is 34.8 Å². The van der Waals surface area contributed by atoms with Crippen molar-refractivity contribution in [1.29, 1.82) is 0 Å². The zero-order chi connectivity index (χ0) is 29.0. The highest BCUT2D eigenvalue weighted by Gasteiger charge is 2.63. The van der Waals surface area contributed by atoms with Crippen LogP contribution < -0.4 is 5.73 Å². The number of sulfone groups is 1. The van der Waals surface area contributed by atoms with E-state index in [4.69, 9.17) is 10.5 Å². The van der Waals surface area contributed by atoms with E-state index in [2.05, 4.69) is 9.97 Å². The van der Waals surface area contributed by atoms with Gasteiger partial charge in [0.1, 0.15) is 15.5 Å². The fourth-order valence-corrected chi connectivity index (χ4v) is 7.03. The first-order valence-corrected chi connectivity index (χ1v) is 13.7. The van der Waals surface area contributed by atoms with Gasteiger partial charge < -0.3 is 10.5 Å². The molecule has 2 N–H and O–H groups in total. The van der Waals surface area contributed by atoms with Gasteiger partial charge in [0.05, 0.1) is 17.9 Å². The van der Waals surface area contributed by atoms with Crippen molar-refractivity contribution in [2.75, 3.05) is 31.8 Å². The molecule has 2 saturated heterocycles. The van der Waals surface area contributed by atoms with E-state index < -0.39 is 86.9 Å². The van der Waals surface area contributed by atoms with Crippen molar-refractivity contribution < 1.29 is 48.3 Å². The minimum absolute atomic E-state index is 0.0559. The number of alkyl halides is 5. The molecule has 7 nitrogen and oxygen atoms in total. The van der Waals surface area contributed by atoms with Crippen LogP contribution in [-0.2, 0) is 26.4 Å². The quantitative estimate of drug-likeness (QED) is 0.403. The standard InChI is InChI=1S/C23H24F8N4O3S/c1-39(36,37)12-20(6-8-38-9-7-20)22(32,19-33-17(25)16(24)18(26)34-19)35-11-21(27,28)10-15(35)13-2-4-14(5-3-13)23(29,30)31/h2-5,15H,6-12,32H2,1H3. The van der Waals surface area contributed by atoms with Gasteiger partial charge in [-0.05, 0) is 30.5 Å². The predicted molar refractivity (Wildman–Crippen MR) is 120 cm³/mol. The Bertz CT molecular complexity index is 1310. The number of rotatable bonds is 6. The van der Waals surface area contributed by atoms with Gasteiger partial charge in [0.25, 0.3) is 17.8 Å². The molecule has 4 rings (SSSR count).